The first-order chi connectivity index (χ1) is 12.5. The van der Waals surface area contributed by atoms with E-state index in [1.54, 1.807) is 18.4 Å². The molecule has 6 nitrogen and oxygen atoms in total. The SMILES string of the molecule is CCc1ccc(NC(=O)Cc2csc(NC(=O)c3ccoc3C)n2)cc1. The molecule has 0 aliphatic heterocycles. The highest BCUT2D eigenvalue weighted by molar-refractivity contribution is 7.14. The Labute approximate surface area is 155 Å². The van der Waals surface area contributed by atoms with E-state index in [0.717, 1.165) is 12.1 Å². The average Bonchev–Trinajstić information content (AvgIpc) is 3.24. The van der Waals surface area contributed by atoms with Crippen LogP contribution in [-0.4, -0.2) is 16.8 Å². The summed E-state index contributed by atoms with van der Waals surface area (Å²) in [5.74, 6) is 0.119. The average molecular weight is 369 g/mol. The van der Waals surface area contributed by atoms with Gasteiger partial charge in [-0.1, -0.05) is 19.1 Å². The van der Waals surface area contributed by atoms with Crippen LogP contribution in [0.5, 0.6) is 0 Å². The fourth-order valence-corrected chi connectivity index (χ4v) is 3.13. The van der Waals surface area contributed by atoms with Crippen LogP contribution in [0.25, 0.3) is 0 Å². The standard InChI is InChI=1S/C19H19N3O3S/c1-3-13-4-6-14(7-5-13)20-17(23)10-15-11-26-19(21-15)22-18(24)16-8-9-25-12(16)2/h4-9,11H,3,10H2,1-2H3,(H,20,23)(H,21,22,24). The number of rotatable bonds is 6. The number of thiazole rings is 1. The van der Waals surface area contributed by atoms with Crippen LogP contribution in [0.4, 0.5) is 10.8 Å². The molecule has 0 atom stereocenters. The molecule has 2 heterocycles. The van der Waals surface area contributed by atoms with Gasteiger partial charge in [0.1, 0.15) is 5.76 Å². The number of furan rings is 1. The van der Waals surface area contributed by atoms with Gasteiger partial charge in [-0.3, -0.25) is 14.9 Å². The van der Waals surface area contributed by atoms with Gasteiger partial charge in [0.25, 0.3) is 5.91 Å². The fourth-order valence-electron chi connectivity index (χ4n) is 2.42. The molecule has 7 heteroatoms. The number of hydrogen-bond acceptors (Lipinski definition) is 5. The number of anilines is 2. The summed E-state index contributed by atoms with van der Waals surface area (Å²) in [6.45, 7) is 3.81. The van der Waals surface area contributed by atoms with Crippen molar-refractivity contribution in [2.24, 2.45) is 0 Å². The number of aryl methyl sites for hydroxylation is 2. The van der Waals surface area contributed by atoms with Crippen LogP contribution in [0.15, 0.2) is 46.4 Å². The van der Waals surface area contributed by atoms with Crippen LogP contribution < -0.4 is 10.6 Å². The van der Waals surface area contributed by atoms with Crippen LogP contribution in [0.3, 0.4) is 0 Å². The van der Waals surface area contributed by atoms with Gasteiger partial charge in [-0.2, -0.15) is 0 Å². The van der Waals surface area contributed by atoms with Crippen molar-refractivity contribution in [3.05, 3.63) is 64.6 Å². The number of carbonyl (C=O) groups is 2. The van der Waals surface area contributed by atoms with E-state index in [0.29, 0.717) is 22.1 Å². The number of amides is 2. The maximum Gasteiger partial charge on any atom is 0.260 e. The van der Waals surface area contributed by atoms with Gasteiger partial charge >= 0.3 is 0 Å². The molecule has 0 aliphatic carbocycles. The van der Waals surface area contributed by atoms with Crippen LogP contribution in [0, 0.1) is 6.92 Å². The van der Waals surface area contributed by atoms with Crippen LogP contribution in [-0.2, 0) is 17.6 Å². The van der Waals surface area contributed by atoms with Gasteiger partial charge in [0.05, 0.1) is 23.9 Å². The molecule has 3 rings (SSSR count). The molecule has 1 aromatic carbocycles. The maximum absolute atomic E-state index is 12.2. The third-order valence-corrected chi connectivity index (χ3v) is 4.67. The topological polar surface area (TPSA) is 84.2 Å². The third-order valence-electron chi connectivity index (χ3n) is 3.86. The van der Waals surface area contributed by atoms with E-state index in [2.05, 4.69) is 22.5 Å². The zero-order chi connectivity index (χ0) is 18.5. The summed E-state index contributed by atoms with van der Waals surface area (Å²) in [7, 11) is 0. The first-order valence-electron chi connectivity index (χ1n) is 8.23. The highest BCUT2D eigenvalue weighted by Gasteiger charge is 2.14. The van der Waals surface area contributed by atoms with Crippen LogP contribution in [0.1, 0.15) is 34.3 Å². The van der Waals surface area contributed by atoms with Gasteiger partial charge in [-0.25, -0.2) is 4.98 Å². The molecule has 0 unspecified atom stereocenters. The number of aromatic nitrogens is 1. The summed E-state index contributed by atoms with van der Waals surface area (Å²) >= 11 is 1.28. The first-order valence-corrected chi connectivity index (χ1v) is 9.11. The second kappa shape index (κ2) is 7.97. The molecule has 134 valence electrons. The predicted octanol–water partition coefficient (Wildman–Crippen LogP) is 4.04. The fraction of sp³-hybridized carbons (Fsp3) is 0.211. The molecule has 2 N–H and O–H groups in total. The minimum atomic E-state index is -0.280. The lowest BCUT2D eigenvalue weighted by molar-refractivity contribution is -0.115. The molecule has 2 aromatic heterocycles. The second-order valence-corrected chi connectivity index (χ2v) is 6.62. The smallest absolute Gasteiger partial charge is 0.260 e. The molecular weight excluding hydrogens is 350 g/mol. The van der Waals surface area contributed by atoms with E-state index < -0.39 is 0 Å². The van der Waals surface area contributed by atoms with Crippen molar-refractivity contribution in [1.29, 1.82) is 0 Å². The predicted molar refractivity (Wildman–Crippen MR) is 102 cm³/mol. The lowest BCUT2D eigenvalue weighted by Gasteiger charge is -2.05. The Bertz CT molecular complexity index is 912. The highest BCUT2D eigenvalue weighted by atomic mass is 32.1. The van der Waals surface area contributed by atoms with Crippen molar-refractivity contribution in [2.75, 3.05) is 10.6 Å². The third kappa shape index (κ3) is 4.37. The minimum absolute atomic E-state index is 0.145. The highest BCUT2D eigenvalue weighted by Crippen LogP contribution is 2.19. The summed E-state index contributed by atoms with van der Waals surface area (Å²) < 4.78 is 5.12. The van der Waals surface area contributed by atoms with E-state index >= 15 is 0 Å². The molecule has 3 aromatic rings. The molecule has 26 heavy (non-hydrogen) atoms. The Kier molecular flexibility index (Phi) is 5.48. The molecule has 0 fully saturated rings. The molecule has 0 radical (unpaired) electrons. The van der Waals surface area contributed by atoms with Crippen molar-refractivity contribution in [2.45, 2.75) is 26.7 Å². The van der Waals surface area contributed by atoms with E-state index in [4.69, 9.17) is 4.42 Å². The Morgan fingerprint density at radius 1 is 1.15 bits per heavy atom. The summed E-state index contributed by atoms with van der Waals surface area (Å²) in [5.41, 5.74) is 3.05. The van der Waals surface area contributed by atoms with Crippen molar-refractivity contribution in [3.63, 3.8) is 0 Å². The lowest BCUT2D eigenvalue weighted by Crippen LogP contribution is -2.15. The molecular formula is C19H19N3O3S. The number of carbonyl (C=O) groups excluding carboxylic acids is 2. The van der Waals surface area contributed by atoms with Gasteiger partial charge in [0.2, 0.25) is 5.91 Å². The molecule has 0 saturated carbocycles. The first kappa shape index (κ1) is 17.9. The summed E-state index contributed by atoms with van der Waals surface area (Å²) in [4.78, 5) is 28.6. The Balaban J connectivity index is 1.56. The van der Waals surface area contributed by atoms with Crippen LogP contribution in [0.2, 0.25) is 0 Å². The number of benzene rings is 1. The molecule has 0 aliphatic rings. The van der Waals surface area contributed by atoms with Gasteiger partial charge < -0.3 is 9.73 Å². The Hall–Kier alpha value is -2.93. The minimum Gasteiger partial charge on any atom is -0.469 e. The number of hydrogen-bond donors (Lipinski definition) is 2. The quantitative estimate of drug-likeness (QED) is 0.687. The van der Waals surface area contributed by atoms with Crippen molar-refractivity contribution >= 4 is 34.0 Å². The molecule has 2 amide bonds. The van der Waals surface area contributed by atoms with E-state index in [1.807, 2.05) is 24.3 Å². The zero-order valence-electron chi connectivity index (χ0n) is 14.5. The van der Waals surface area contributed by atoms with Gasteiger partial charge in [0, 0.05) is 11.1 Å². The molecule has 0 saturated heterocycles. The second-order valence-electron chi connectivity index (χ2n) is 5.76. The van der Waals surface area contributed by atoms with Crippen LogP contribution >= 0.6 is 11.3 Å². The monoisotopic (exact) mass is 369 g/mol. The number of nitrogens with zero attached hydrogens (tertiary/aromatic N) is 1. The summed E-state index contributed by atoms with van der Waals surface area (Å²) in [6, 6.07) is 9.36. The van der Waals surface area contributed by atoms with Gasteiger partial charge in [-0.05, 0) is 37.1 Å². The number of nitrogens with one attached hydrogen (secondary N) is 2. The van der Waals surface area contributed by atoms with Crippen molar-refractivity contribution < 1.29 is 14.0 Å². The summed E-state index contributed by atoms with van der Waals surface area (Å²) in [6.07, 6.45) is 2.57. The normalized spacial score (nSPS) is 10.5. The Morgan fingerprint density at radius 2 is 1.92 bits per heavy atom. The molecule has 0 bridgehead atoms. The molecule has 0 spiro atoms. The van der Waals surface area contributed by atoms with Gasteiger partial charge in [-0.15, -0.1) is 11.3 Å². The van der Waals surface area contributed by atoms with E-state index in [9.17, 15) is 9.59 Å². The van der Waals surface area contributed by atoms with E-state index in [1.165, 1.54) is 23.2 Å². The Morgan fingerprint density at radius 3 is 2.58 bits per heavy atom. The van der Waals surface area contributed by atoms with E-state index in [-0.39, 0.29) is 18.2 Å². The zero-order valence-corrected chi connectivity index (χ0v) is 15.4. The lowest BCUT2D eigenvalue weighted by atomic mass is 10.1. The van der Waals surface area contributed by atoms with Crippen molar-refractivity contribution in [3.8, 4) is 0 Å². The summed E-state index contributed by atoms with van der Waals surface area (Å²) in [5, 5.41) is 7.78. The maximum atomic E-state index is 12.2. The largest absolute Gasteiger partial charge is 0.469 e. The van der Waals surface area contributed by atoms with Gasteiger partial charge in [0.15, 0.2) is 5.13 Å². The van der Waals surface area contributed by atoms with Crippen molar-refractivity contribution in [1.82, 2.24) is 4.98 Å².